The summed E-state index contributed by atoms with van der Waals surface area (Å²) in [7, 11) is 0. The molecule has 1 saturated carbocycles. The van der Waals surface area contributed by atoms with Crippen molar-refractivity contribution in [2.45, 2.75) is 57.7 Å². The van der Waals surface area contributed by atoms with E-state index < -0.39 is 29.8 Å². The highest BCUT2D eigenvalue weighted by Gasteiger charge is 2.31. The Morgan fingerprint density at radius 3 is 2.55 bits per heavy atom. The molecule has 1 aromatic carbocycles. The van der Waals surface area contributed by atoms with Crippen LogP contribution in [0.25, 0.3) is 0 Å². The molecule has 0 unspecified atom stereocenters. The molecule has 168 valence electrons. The molecule has 2 aliphatic rings. The van der Waals surface area contributed by atoms with Gasteiger partial charge >= 0.3 is 0 Å². The summed E-state index contributed by atoms with van der Waals surface area (Å²) in [5.74, 6) is -1.53. The second-order valence-electron chi connectivity index (χ2n) is 8.29. The van der Waals surface area contributed by atoms with Gasteiger partial charge in [0, 0.05) is 6.04 Å². The van der Waals surface area contributed by atoms with Gasteiger partial charge in [-0.3, -0.25) is 19.2 Å². The first kappa shape index (κ1) is 22.6. The molecule has 1 aliphatic heterocycles. The van der Waals surface area contributed by atoms with Crippen LogP contribution in [0.2, 0.25) is 0 Å². The minimum absolute atomic E-state index is 0.0605. The Bertz CT molecular complexity index is 837. The number of para-hydroxylation sites is 1. The standard InChI is InChI=1S/C22H30N4O5/c1-13(2)19-22(30)23-10-11-31-17-9-4-3-8-15(17)20(28)25-16(12-18(27)26-19)21(29)24-14-6-5-7-14/h3-4,8-9,13-14,16,19H,5-7,10-12H2,1-2H3,(H,23,30)(H,24,29)(H,25,28)(H,26,27)/t16-,19-/m0/s1. The Balaban J connectivity index is 1.85. The molecule has 3 rings (SSSR count). The summed E-state index contributed by atoms with van der Waals surface area (Å²) in [5, 5.41) is 11.0. The van der Waals surface area contributed by atoms with Gasteiger partial charge < -0.3 is 26.0 Å². The van der Waals surface area contributed by atoms with E-state index in [0.29, 0.717) is 5.75 Å². The van der Waals surface area contributed by atoms with Crippen molar-refractivity contribution in [3.05, 3.63) is 29.8 Å². The summed E-state index contributed by atoms with van der Waals surface area (Å²) in [4.78, 5) is 51.0. The molecule has 1 aromatic rings. The van der Waals surface area contributed by atoms with E-state index in [2.05, 4.69) is 21.3 Å². The first-order chi connectivity index (χ1) is 14.8. The van der Waals surface area contributed by atoms with Crippen molar-refractivity contribution in [2.24, 2.45) is 5.92 Å². The molecule has 9 nitrogen and oxygen atoms in total. The first-order valence-corrected chi connectivity index (χ1v) is 10.7. The number of benzene rings is 1. The van der Waals surface area contributed by atoms with Crippen LogP contribution in [0.1, 0.15) is 49.9 Å². The average Bonchev–Trinajstić information content (AvgIpc) is 2.70. The third kappa shape index (κ3) is 5.96. The Morgan fingerprint density at radius 1 is 1.13 bits per heavy atom. The van der Waals surface area contributed by atoms with Gasteiger partial charge in [0.2, 0.25) is 17.7 Å². The van der Waals surface area contributed by atoms with E-state index in [4.69, 9.17) is 4.74 Å². The zero-order valence-corrected chi connectivity index (χ0v) is 17.9. The minimum atomic E-state index is -1.07. The van der Waals surface area contributed by atoms with Crippen molar-refractivity contribution >= 4 is 23.6 Å². The van der Waals surface area contributed by atoms with Crippen LogP contribution in [0.15, 0.2) is 24.3 Å². The molecule has 0 bridgehead atoms. The van der Waals surface area contributed by atoms with Crippen molar-refractivity contribution in [1.82, 2.24) is 21.3 Å². The molecule has 2 atom stereocenters. The number of ether oxygens (including phenoxy) is 1. The summed E-state index contributed by atoms with van der Waals surface area (Å²) < 4.78 is 5.69. The lowest BCUT2D eigenvalue weighted by Crippen LogP contribution is -2.55. The van der Waals surface area contributed by atoms with Crippen LogP contribution in [0.3, 0.4) is 0 Å². The fraction of sp³-hybridized carbons (Fsp3) is 0.545. The van der Waals surface area contributed by atoms with Crippen LogP contribution >= 0.6 is 0 Å². The number of carbonyl (C=O) groups is 4. The van der Waals surface area contributed by atoms with Gasteiger partial charge in [0.05, 0.1) is 18.5 Å². The molecule has 9 heteroatoms. The lowest BCUT2D eigenvalue weighted by Gasteiger charge is -2.29. The molecule has 4 amide bonds. The van der Waals surface area contributed by atoms with Gasteiger partial charge in [0.25, 0.3) is 5.91 Å². The van der Waals surface area contributed by atoms with Crippen LogP contribution in [-0.4, -0.2) is 54.9 Å². The zero-order valence-electron chi connectivity index (χ0n) is 17.9. The molecule has 4 N–H and O–H groups in total. The highest BCUT2D eigenvalue weighted by Crippen LogP contribution is 2.20. The van der Waals surface area contributed by atoms with Crippen LogP contribution in [0, 0.1) is 5.92 Å². The van der Waals surface area contributed by atoms with Gasteiger partial charge in [-0.15, -0.1) is 0 Å². The quantitative estimate of drug-likeness (QED) is 0.555. The second-order valence-corrected chi connectivity index (χ2v) is 8.29. The third-order valence-corrected chi connectivity index (χ3v) is 5.52. The highest BCUT2D eigenvalue weighted by atomic mass is 16.5. The van der Waals surface area contributed by atoms with E-state index in [9.17, 15) is 19.2 Å². The van der Waals surface area contributed by atoms with Crippen molar-refractivity contribution in [1.29, 1.82) is 0 Å². The van der Waals surface area contributed by atoms with E-state index >= 15 is 0 Å². The maximum absolute atomic E-state index is 12.9. The topological polar surface area (TPSA) is 126 Å². The number of rotatable bonds is 3. The highest BCUT2D eigenvalue weighted by molar-refractivity contribution is 6.01. The first-order valence-electron chi connectivity index (χ1n) is 10.7. The van der Waals surface area contributed by atoms with Gasteiger partial charge in [-0.1, -0.05) is 26.0 Å². The van der Waals surface area contributed by atoms with Gasteiger partial charge in [-0.2, -0.15) is 0 Å². The molecule has 0 saturated heterocycles. The number of nitrogens with one attached hydrogen (secondary N) is 4. The summed E-state index contributed by atoms with van der Waals surface area (Å²) in [6.45, 7) is 4.02. The van der Waals surface area contributed by atoms with Gasteiger partial charge in [-0.05, 0) is 37.3 Å². The second kappa shape index (κ2) is 10.3. The lowest BCUT2D eigenvalue weighted by atomic mass is 9.92. The number of fused-ring (bicyclic) bond motifs is 1. The Morgan fingerprint density at radius 2 is 1.87 bits per heavy atom. The maximum atomic E-state index is 12.9. The summed E-state index contributed by atoms with van der Waals surface area (Å²) in [6, 6.07) is 4.90. The molecule has 1 fully saturated rings. The SMILES string of the molecule is CC(C)[C@@H]1NC(=O)C[C@@H](C(=O)NC2CCC2)NC(=O)c2ccccc2OCCNC1=O. The molecule has 0 aromatic heterocycles. The summed E-state index contributed by atoms with van der Waals surface area (Å²) >= 11 is 0. The third-order valence-electron chi connectivity index (χ3n) is 5.52. The Labute approximate surface area is 181 Å². The molecule has 0 radical (unpaired) electrons. The lowest BCUT2D eigenvalue weighted by molar-refractivity contribution is -0.132. The van der Waals surface area contributed by atoms with Gasteiger partial charge in [0.15, 0.2) is 0 Å². The number of amides is 4. The fourth-order valence-corrected chi connectivity index (χ4v) is 3.48. The van der Waals surface area contributed by atoms with Crippen molar-refractivity contribution in [3.8, 4) is 5.75 Å². The predicted molar refractivity (Wildman–Crippen MR) is 113 cm³/mol. The smallest absolute Gasteiger partial charge is 0.255 e. The minimum Gasteiger partial charge on any atom is -0.491 e. The predicted octanol–water partition coefficient (Wildman–Crippen LogP) is 0.493. The number of hydrogen-bond acceptors (Lipinski definition) is 5. The largest absolute Gasteiger partial charge is 0.491 e. The molecule has 1 heterocycles. The number of hydrogen-bond donors (Lipinski definition) is 4. The van der Waals surface area contributed by atoms with E-state index in [1.54, 1.807) is 24.3 Å². The number of carbonyl (C=O) groups excluding carboxylic acids is 4. The normalized spacial score (nSPS) is 23.3. The van der Waals surface area contributed by atoms with Gasteiger partial charge in [0.1, 0.15) is 24.4 Å². The van der Waals surface area contributed by atoms with Gasteiger partial charge in [-0.25, -0.2) is 0 Å². The van der Waals surface area contributed by atoms with Crippen LogP contribution in [0.4, 0.5) is 0 Å². The van der Waals surface area contributed by atoms with Crippen LogP contribution in [-0.2, 0) is 14.4 Å². The molecular weight excluding hydrogens is 400 g/mol. The zero-order chi connectivity index (χ0) is 22.4. The van der Waals surface area contributed by atoms with Crippen molar-refractivity contribution < 1.29 is 23.9 Å². The van der Waals surface area contributed by atoms with Crippen molar-refractivity contribution in [2.75, 3.05) is 13.2 Å². The molecule has 31 heavy (non-hydrogen) atoms. The average molecular weight is 431 g/mol. The van der Waals surface area contributed by atoms with E-state index in [1.807, 2.05) is 13.8 Å². The maximum Gasteiger partial charge on any atom is 0.255 e. The summed E-state index contributed by atoms with van der Waals surface area (Å²) in [6.07, 6.45) is 2.53. The fourth-order valence-electron chi connectivity index (χ4n) is 3.48. The molecular formula is C22H30N4O5. The Hall–Kier alpha value is -3.10. The van der Waals surface area contributed by atoms with E-state index in [0.717, 1.165) is 19.3 Å². The summed E-state index contributed by atoms with van der Waals surface area (Å²) in [5.41, 5.74) is 0.257. The van der Waals surface area contributed by atoms with Crippen LogP contribution in [0.5, 0.6) is 5.75 Å². The molecule has 0 spiro atoms. The van der Waals surface area contributed by atoms with Crippen molar-refractivity contribution in [3.63, 3.8) is 0 Å². The molecule has 1 aliphatic carbocycles. The van der Waals surface area contributed by atoms with Crippen LogP contribution < -0.4 is 26.0 Å². The van der Waals surface area contributed by atoms with E-state index in [-0.39, 0.29) is 43.0 Å². The monoisotopic (exact) mass is 430 g/mol. The Kier molecular flexibility index (Phi) is 7.49. The van der Waals surface area contributed by atoms with E-state index in [1.165, 1.54) is 0 Å².